The van der Waals surface area contributed by atoms with E-state index in [4.69, 9.17) is 38.1 Å². The van der Waals surface area contributed by atoms with Gasteiger partial charge in [-0.15, -0.1) is 6.42 Å². The topological polar surface area (TPSA) is 117 Å². The Morgan fingerprint density at radius 2 is 2.29 bits per heavy atom. The summed E-state index contributed by atoms with van der Waals surface area (Å²) in [4.78, 5) is 40.3. The molecule has 1 aromatic heterocycles. The summed E-state index contributed by atoms with van der Waals surface area (Å²) in [6.07, 6.45) is 6.94. The van der Waals surface area contributed by atoms with Gasteiger partial charge in [0.2, 0.25) is 0 Å². The van der Waals surface area contributed by atoms with Gasteiger partial charge in [0.1, 0.15) is 18.4 Å². The third-order valence-corrected chi connectivity index (χ3v) is 3.76. The van der Waals surface area contributed by atoms with Crippen LogP contribution >= 0.6 is 20.4 Å². The van der Waals surface area contributed by atoms with Gasteiger partial charge in [-0.3, -0.25) is 14.3 Å². The lowest BCUT2D eigenvalue weighted by atomic mass is 10.2. The predicted octanol–water partition coefficient (Wildman–Crippen LogP) is 0.236. The Kier molecular flexibility index (Phi) is 4.91. The molecule has 1 aliphatic heterocycles. The molecule has 4 N–H and O–H groups in total. The Balaban J connectivity index is 2.10. The highest BCUT2D eigenvalue weighted by molar-refractivity contribution is 7.71. The smallest absolute Gasteiger partial charge is 0.352 e. The summed E-state index contributed by atoms with van der Waals surface area (Å²) in [5.74, 6) is 2.26. The monoisotopic (exact) mass is 333 g/mol. The molecular formula is C11H14N2O6PS+. The zero-order valence-corrected chi connectivity index (χ0v) is 12.5. The zero-order chi connectivity index (χ0) is 15.6. The predicted molar refractivity (Wildman–Crippen MR) is 76.5 cm³/mol. The van der Waals surface area contributed by atoms with Gasteiger partial charge >= 0.3 is 8.17 Å². The van der Waals surface area contributed by atoms with Gasteiger partial charge in [-0.05, 0) is 25.1 Å². The molecule has 114 valence electrons. The number of aromatic amines is 1. The van der Waals surface area contributed by atoms with Crippen LogP contribution in [-0.4, -0.2) is 36.9 Å². The van der Waals surface area contributed by atoms with E-state index < -0.39 is 26.1 Å². The number of aromatic nitrogens is 2. The number of ether oxygens (including phenoxy) is 1. The molecule has 1 aliphatic rings. The van der Waals surface area contributed by atoms with E-state index in [9.17, 15) is 4.79 Å². The molecule has 1 fully saturated rings. The first-order valence-corrected chi connectivity index (χ1v) is 7.97. The molecule has 10 heteroatoms. The highest BCUT2D eigenvalue weighted by Gasteiger charge is 2.37. The molecule has 0 bridgehead atoms. The molecule has 1 aromatic rings. The van der Waals surface area contributed by atoms with Crippen molar-refractivity contribution in [2.45, 2.75) is 25.2 Å². The van der Waals surface area contributed by atoms with Gasteiger partial charge in [-0.2, -0.15) is 19.2 Å². The van der Waals surface area contributed by atoms with Crippen molar-refractivity contribution in [3.63, 3.8) is 0 Å². The molecule has 0 aromatic carbocycles. The second-order valence-electron chi connectivity index (χ2n) is 4.45. The molecule has 0 amide bonds. The number of terminal acetylenes is 1. The summed E-state index contributed by atoms with van der Waals surface area (Å²) >= 11 is 5.06. The first kappa shape index (κ1) is 16.3. The third kappa shape index (κ3) is 4.18. The molecule has 2 unspecified atom stereocenters. The van der Waals surface area contributed by atoms with Crippen molar-refractivity contribution < 1.29 is 23.9 Å². The van der Waals surface area contributed by atoms with Crippen LogP contribution in [0, 0.1) is 17.1 Å². The second kappa shape index (κ2) is 6.34. The quantitative estimate of drug-likeness (QED) is 0.354. The van der Waals surface area contributed by atoms with Crippen molar-refractivity contribution in [3.8, 4) is 12.3 Å². The number of hydrogen-bond donors (Lipinski definition) is 4. The molecule has 0 aliphatic carbocycles. The fraction of sp³-hybridized carbons (Fsp3) is 0.455. The van der Waals surface area contributed by atoms with Crippen LogP contribution in [-0.2, 0) is 9.26 Å². The zero-order valence-electron chi connectivity index (χ0n) is 10.8. The summed E-state index contributed by atoms with van der Waals surface area (Å²) in [6, 6.07) is 0. The lowest BCUT2D eigenvalue weighted by Gasteiger charge is -2.16. The van der Waals surface area contributed by atoms with Crippen molar-refractivity contribution >= 4 is 20.4 Å². The summed E-state index contributed by atoms with van der Waals surface area (Å²) in [5.41, 5.74) is -0.301. The lowest BCUT2D eigenvalue weighted by molar-refractivity contribution is -0.0263. The van der Waals surface area contributed by atoms with E-state index in [-0.39, 0.29) is 16.9 Å². The molecule has 2 atom stereocenters. The van der Waals surface area contributed by atoms with Gasteiger partial charge < -0.3 is 4.74 Å². The van der Waals surface area contributed by atoms with Gasteiger partial charge in [-0.25, -0.2) is 0 Å². The molecule has 2 rings (SSSR count). The molecule has 8 nitrogen and oxygen atoms in total. The molecule has 1 saturated heterocycles. The maximum absolute atomic E-state index is 11.5. The summed E-state index contributed by atoms with van der Waals surface area (Å²) in [5, 5.41) is 0. The third-order valence-electron chi connectivity index (χ3n) is 2.95. The fourth-order valence-electron chi connectivity index (χ4n) is 2.00. The van der Waals surface area contributed by atoms with Crippen LogP contribution in [0.15, 0.2) is 11.0 Å². The molecule has 0 spiro atoms. The van der Waals surface area contributed by atoms with Crippen molar-refractivity contribution in [1.82, 2.24) is 9.55 Å². The van der Waals surface area contributed by atoms with Crippen molar-refractivity contribution in [1.29, 1.82) is 0 Å². The highest BCUT2D eigenvalue weighted by atomic mass is 32.1. The lowest BCUT2D eigenvalue weighted by Crippen LogP contribution is -2.21. The van der Waals surface area contributed by atoms with E-state index in [1.165, 1.54) is 10.8 Å². The summed E-state index contributed by atoms with van der Waals surface area (Å²) in [7, 11) is -4.27. The first-order valence-electron chi connectivity index (χ1n) is 5.99. The second-order valence-corrected chi connectivity index (χ2v) is 6.12. The Morgan fingerprint density at radius 1 is 1.57 bits per heavy atom. The van der Waals surface area contributed by atoms with E-state index in [0.717, 1.165) is 0 Å². The maximum Gasteiger partial charge on any atom is 0.567 e. The van der Waals surface area contributed by atoms with Crippen LogP contribution in [0.5, 0.6) is 0 Å². The van der Waals surface area contributed by atoms with Crippen LogP contribution in [0.3, 0.4) is 0 Å². The molecule has 0 radical (unpaired) electrons. The van der Waals surface area contributed by atoms with E-state index >= 15 is 0 Å². The van der Waals surface area contributed by atoms with Gasteiger partial charge in [0.15, 0.2) is 4.77 Å². The van der Waals surface area contributed by atoms with E-state index in [1.807, 2.05) is 0 Å². The minimum atomic E-state index is -4.27. The van der Waals surface area contributed by atoms with Gasteiger partial charge in [0, 0.05) is 6.20 Å². The maximum atomic E-state index is 11.5. The average Bonchev–Trinajstić information content (AvgIpc) is 2.84. The van der Waals surface area contributed by atoms with Crippen LogP contribution in [0.1, 0.15) is 24.6 Å². The van der Waals surface area contributed by atoms with E-state index in [2.05, 4.69) is 15.4 Å². The minimum absolute atomic E-state index is 0.137. The Morgan fingerprint density at radius 3 is 2.90 bits per heavy atom. The number of nitrogens with zero attached hydrogens (tertiary/aromatic N) is 1. The molecule has 0 saturated carbocycles. The number of H-pyrrole nitrogens is 1. The van der Waals surface area contributed by atoms with Crippen molar-refractivity contribution in [2.75, 3.05) is 6.61 Å². The van der Waals surface area contributed by atoms with Crippen LogP contribution in [0.2, 0.25) is 0 Å². The SMILES string of the molecule is C#Cc1cn(C2CCC(CO[P+](O)(O)O)O2)c(=S)[nH]c1=O. The van der Waals surface area contributed by atoms with Crippen LogP contribution in [0.4, 0.5) is 0 Å². The fourth-order valence-corrected chi connectivity index (χ4v) is 2.63. The summed E-state index contributed by atoms with van der Waals surface area (Å²) in [6.45, 7) is -0.160. The van der Waals surface area contributed by atoms with Crippen LogP contribution < -0.4 is 5.56 Å². The normalized spacial score (nSPS) is 22.2. The van der Waals surface area contributed by atoms with E-state index in [1.54, 1.807) is 0 Å². The number of rotatable bonds is 4. The Bertz CT molecular complexity index is 673. The van der Waals surface area contributed by atoms with Crippen molar-refractivity contribution in [3.05, 3.63) is 26.9 Å². The summed E-state index contributed by atoms with van der Waals surface area (Å²) < 4.78 is 11.9. The van der Waals surface area contributed by atoms with Gasteiger partial charge in [-0.1, -0.05) is 5.92 Å². The van der Waals surface area contributed by atoms with Gasteiger partial charge in [0.25, 0.3) is 5.56 Å². The Hall–Kier alpha value is -1.11. The first-order chi connectivity index (χ1) is 9.80. The highest BCUT2D eigenvalue weighted by Crippen LogP contribution is 2.46. The van der Waals surface area contributed by atoms with Gasteiger partial charge in [0.05, 0.1) is 6.10 Å². The van der Waals surface area contributed by atoms with E-state index in [0.29, 0.717) is 12.8 Å². The van der Waals surface area contributed by atoms with Crippen molar-refractivity contribution in [2.24, 2.45) is 0 Å². The largest absolute Gasteiger partial charge is 0.567 e. The standard InChI is InChI=1S/C11H13N2O6PS/c1-2-7-5-13(11(21)12-10(7)14)9-4-3-8(19-9)6-18-20(15,16)17/h1,5,8-9,15-17H,3-4,6H2/p+1. The minimum Gasteiger partial charge on any atom is -0.352 e. The Labute approximate surface area is 125 Å². The number of hydrogen-bond acceptors (Lipinski definition) is 7. The molecule has 2 heterocycles. The van der Waals surface area contributed by atoms with Crippen LogP contribution in [0.25, 0.3) is 0 Å². The average molecular weight is 333 g/mol. The number of nitrogens with one attached hydrogen (secondary N) is 1. The molecule has 21 heavy (non-hydrogen) atoms. The molecular weight excluding hydrogens is 319 g/mol.